The Bertz CT molecular complexity index is 1740. The summed E-state index contributed by atoms with van der Waals surface area (Å²) in [5.41, 5.74) is 2.70. The highest BCUT2D eigenvalue weighted by molar-refractivity contribution is 5.85. The fourth-order valence-electron chi connectivity index (χ4n) is 6.46. The van der Waals surface area contributed by atoms with Crippen molar-refractivity contribution >= 4 is 10.8 Å². The quantitative estimate of drug-likeness (QED) is 0.114. The molecule has 5 heteroatoms. The van der Waals surface area contributed by atoms with Crippen molar-refractivity contribution in [1.82, 2.24) is 9.55 Å². The molecular formula is C40H40N2O3. The fourth-order valence-corrected chi connectivity index (χ4v) is 6.46. The number of aromatic nitrogens is 2. The van der Waals surface area contributed by atoms with Gasteiger partial charge in [-0.2, -0.15) is 0 Å². The van der Waals surface area contributed by atoms with Crippen molar-refractivity contribution in [2.24, 2.45) is 5.92 Å². The van der Waals surface area contributed by atoms with Crippen LogP contribution >= 0.6 is 0 Å². The molecule has 1 N–H and O–H groups in total. The Labute approximate surface area is 265 Å². The summed E-state index contributed by atoms with van der Waals surface area (Å²) in [5, 5.41) is 14.8. The molecule has 2 unspecified atom stereocenters. The second kappa shape index (κ2) is 13.1. The molecule has 0 amide bonds. The molecule has 0 fully saturated rings. The van der Waals surface area contributed by atoms with Gasteiger partial charge in [0.05, 0.1) is 18.6 Å². The minimum Gasteiger partial charge on any atom is -0.491 e. The van der Waals surface area contributed by atoms with Crippen LogP contribution in [-0.4, -0.2) is 35.0 Å². The predicted octanol–water partition coefficient (Wildman–Crippen LogP) is 8.18. The lowest BCUT2D eigenvalue weighted by Crippen LogP contribution is -2.38. The lowest BCUT2D eigenvalue weighted by atomic mass is 9.76. The second-order valence-corrected chi connectivity index (χ2v) is 11.6. The number of nitrogens with zero attached hydrogens (tertiary/aromatic N) is 2. The molecule has 0 saturated heterocycles. The molecule has 5 aromatic carbocycles. The van der Waals surface area contributed by atoms with Crippen LogP contribution in [-0.2, 0) is 15.9 Å². The van der Waals surface area contributed by atoms with E-state index in [4.69, 9.17) is 14.5 Å². The number of ether oxygens (including phenoxy) is 2. The number of fused-ring (bicyclic) bond motifs is 1. The maximum atomic E-state index is 12.8. The van der Waals surface area contributed by atoms with Gasteiger partial charge in [0.15, 0.2) is 0 Å². The lowest BCUT2D eigenvalue weighted by Gasteiger charge is -2.38. The van der Waals surface area contributed by atoms with Gasteiger partial charge in [0.1, 0.15) is 23.5 Å². The molecule has 0 bridgehead atoms. The smallest absolute Gasteiger partial charge is 0.135 e. The van der Waals surface area contributed by atoms with Gasteiger partial charge >= 0.3 is 0 Å². The Morgan fingerprint density at radius 2 is 1.27 bits per heavy atom. The maximum absolute atomic E-state index is 12.8. The summed E-state index contributed by atoms with van der Waals surface area (Å²) in [6.45, 7) is 5.23. The van der Waals surface area contributed by atoms with Gasteiger partial charge in [-0.25, -0.2) is 4.98 Å². The summed E-state index contributed by atoms with van der Waals surface area (Å²) < 4.78 is 13.1. The summed E-state index contributed by atoms with van der Waals surface area (Å²) in [5.74, 6) is 0.692. The van der Waals surface area contributed by atoms with Gasteiger partial charge in [-0.15, -0.1) is 0 Å². The molecule has 0 aliphatic carbocycles. The third kappa shape index (κ3) is 5.54. The average Bonchev–Trinajstić information content (AvgIpc) is 3.60. The summed E-state index contributed by atoms with van der Waals surface area (Å²) in [4.78, 5) is 4.99. The Morgan fingerprint density at radius 3 is 1.82 bits per heavy atom. The van der Waals surface area contributed by atoms with Crippen LogP contribution in [0.2, 0.25) is 0 Å². The van der Waals surface area contributed by atoms with Crippen molar-refractivity contribution in [2.45, 2.75) is 31.4 Å². The first kappa shape index (κ1) is 30.3. The molecule has 6 rings (SSSR count). The van der Waals surface area contributed by atoms with E-state index in [1.54, 1.807) is 7.11 Å². The van der Waals surface area contributed by atoms with Crippen LogP contribution in [0.1, 0.15) is 48.2 Å². The van der Waals surface area contributed by atoms with E-state index in [9.17, 15) is 5.11 Å². The van der Waals surface area contributed by atoms with E-state index < -0.39 is 11.1 Å². The van der Waals surface area contributed by atoms with Crippen molar-refractivity contribution in [3.05, 3.63) is 168 Å². The molecule has 2 atom stereocenters. The highest BCUT2D eigenvalue weighted by Crippen LogP contribution is 2.44. The SMILES string of the molecule is CCC(C)C(O)(c1ccc2cc(OCCOC)ccc2c1)c1cn(C(c2ccccc2)(c2ccccc2)c2ccccc2)cn1. The van der Waals surface area contributed by atoms with Crippen LogP contribution in [0, 0.1) is 5.92 Å². The lowest BCUT2D eigenvalue weighted by molar-refractivity contribution is 0.0185. The van der Waals surface area contributed by atoms with Crippen molar-refractivity contribution < 1.29 is 14.6 Å². The Morgan fingerprint density at radius 1 is 0.711 bits per heavy atom. The molecule has 6 aromatic rings. The monoisotopic (exact) mass is 596 g/mol. The minimum atomic E-state index is -1.32. The number of methoxy groups -OCH3 is 1. The molecule has 0 aliphatic rings. The molecule has 0 aliphatic heterocycles. The number of rotatable bonds is 12. The zero-order chi connectivity index (χ0) is 31.3. The third-order valence-electron chi connectivity index (χ3n) is 9.07. The van der Waals surface area contributed by atoms with Gasteiger partial charge < -0.3 is 19.1 Å². The van der Waals surface area contributed by atoms with Gasteiger partial charge in [-0.1, -0.05) is 129 Å². The molecular weight excluding hydrogens is 556 g/mol. The highest BCUT2D eigenvalue weighted by atomic mass is 16.5. The highest BCUT2D eigenvalue weighted by Gasteiger charge is 2.43. The van der Waals surface area contributed by atoms with E-state index in [2.05, 4.69) is 103 Å². The van der Waals surface area contributed by atoms with Crippen molar-refractivity contribution in [3.63, 3.8) is 0 Å². The first-order valence-electron chi connectivity index (χ1n) is 15.6. The topological polar surface area (TPSA) is 56.5 Å². The molecule has 0 spiro atoms. The van der Waals surface area contributed by atoms with E-state index in [0.29, 0.717) is 18.9 Å². The van der Waals surface area contributed by atoms with E-state index in [1.165, 1.54) is 0 Å². The van der Waals surface area contributed by atoms with Crippen molar-refractivity contribution in [1.29, 1.82) is 0 Å². The zero-order valence-corrected chi connectivity index (χ0v) is 26.1. The number of benzene rings is 5. The Hall–Kier alpha value is -4.71. The summed E-state index contributed by atoms with van der Waals surface area (Å²) in [7, 11) is 1.66. The van der Waals surface area contributed by atoms with Gasteiger partial charge in [0.2, 0.25) is 0 Å². The van der Waals surface area contributed by atoms with Gasteiger partial charge in [0.25, 0.3) is 0 Å². The fraction of sp³-hybridized carbons (Fsp3) is 0.225. The molecule has 1 aromatic heterocycles. The summed E-state index contributed by atoms with van der Waals surface area (Å²) in [6, 6.07) is 43.8. The van der Waals surface area contributed by atoms with Gasteiger partial charge in [-0.05, 0) is 57.1 Å². The molecule has 228 valence electrons. The molecule has 0 radical (unpaired) electrons. The van der Waals surface area contributed by atoms with Crippen LogP contribution in [0.3, 0.4) is 0 Å². The van der Waals surface area contributed by atoms with E-state index >= 15 is 0 Å². The van der Waals surface area contributed by atoms with Gasteiger partial charge in [-0.3, -0.25) is 0 Å². The molecule has 5 nitrogen and oxygen atoms in total. The van der Waals surface area contributed by atoms with E-state index in [-0.39, 0.29) is 5.92 Å². The molecule has 1 heterocycles. The molecule has 0 saturated carbocycles. The van der Waals surface area contributed by atoms with Crippen LogP contribution in [0.15, 0.2) is 140 Å². The number of hydrogen-bond acceptors (Lipinski definition) is 4. The van der Waals surface area contributed by atoms with Crippen LogP contribution in [0.4, 0.5) is 0 Å². The summed E-state index contributed by atoms with van der Waals surface area (Å²) in [6.07, 6.45) is 4.69. The number of aliphatic hydroxyl groups is 1. The second-order valence-electron chi connectivity index (χ2n) is 11.6. The van der Waals surface area contributed by atoms with Crippen molar-refractivity contribution in [2.75, 3.05) is 20.3 Å². The average molecular weight is 597 g/mol. The first-order chi connectivity index (χ1) is 22.0. The first-order valence-corrected chi connectivity index (χ1v) is 15.6. The standard InChI is InChI=1S/C40H40N2O3/c1-4-30(2)40(43,36-22-20-32-27-37(45-25-24-44-3)23-21-31(32)26-36)38-28-42(29-41-38)39(33-14-8-5-9-15-33,34-16-10-6-11-17-34)35-18-12-7-13-19-35/h5-23,26-30,43H,4,24-25H2,1-3H3. The minimum absolute atomic E-state index is 0.102. The Balaban J connectivity index is 1.51. The number of hydrogen-bond donors (Lipinski definition) is 1. The van der Waals surface area contributed by atoms with Gasteiger partial charge in [0, 0.05) is 13.3 Å². The summed E-state index contributed by atoms with van der Waals surface area (Å²) >= 11 is 0. The van der Waals surface area contributed by atoms with E-state index in [0.717, 1.165) is 45.2 Å². The van der Waals surface area contributed by atoms with Crippen molar-refractivity contribution in [3.8, 4) is 5.75 Å². The van der Waals surface area contributed by atoms with Crippen LogP contribution in [0.5, 0.6) is 5.75 Å². The normalized spacial score (nSPS) is 13.8. The van der Waals surface area contributed by atoms with E-state index in [1.807, 2.05) is 55.0 Å². The number of imidazole rings is 1. The molecule has 45 heavy (non-hydrogen) atoms. The Kier molecular flexibility index (Phi) is 8.83. The largest absolute Gasteiger partial charge is 0.491 e. The predicted molar refractivity (Wildman–Crippen MR) is 181 cm³/mol. The third-order valence-corrected chi connectivity index (χ3v) is 9.07. The maximum Gasteiger partial charge on any atom is 0.135 e. The van der Waals surface area contributed by atoms with Crippen LogP contribution in [0.25, 0.3) is 10.8 Å². The zero-order valence-electron chi connectivity index (χ0n) is 26.1. The van der Waals surface area contributed by atoms with Crippen LogP contribution < -0.4 is 4.74 Å².